The van der Waals surface area contributed by atoms with Gasteiger partial charge in [-0.2, -0.15) is 0 Å². The highest BCUT2D eigenvalue weighted by Gasteiger charge is 2.38. The first-order valence-electron chi connectivity index (χ1n) is 6.39. The van der Waals surface area contributed by atoms with Crippen LogP contribution in [-0.2, 0) is 11.2 Å². The Balaban J connectivity index is 2.30. The second-order valence-electron chi connectivity index (χ2n) is 5.55. The first-order chi connectivity index (χ1) is 7.92. The number of nitrogens with two attached hydrogens (primary N) is 1. The van der Waals surface area contributed by atoms with Gasteiger partial charge in [0.05, 0.1) is 6.10 Å². The summed E-state index contributed by atoms with van der Waals surface area (Å²) in [6.45, 7) is 9.38. The zero-order chi connectivity index (χ0) is 12.6. The summed E-state index contributed by atoms with van der Waals surface area (Å²) in [5.74, 6) is 0. The van der Waals surface area contributed by atoms with Gasteiger partial charge in [-0.15, -0.1) is 0 Å². The van der Waals surface area contributed by atoms with Gasteiger partial charge < -0.3 is 10.5 Å². The zero-order valence-corrected chi connectivity index (χ0v) is 11.3. The third kappa shape index (κ3) is 2.38. The van der Waals surface area contributed by atoms with Crippen molar-refractivity contribution >= 4 is 0 Å². The van der Waals surface area contributed by atoms with E-state index in [1.165, 1.54) is 22.3 Å². The molecule has 1 aliphatic rings. The highest BCUT2D eigenvalue weighted by atomic mass is 16.5. The Morgan fingerprint density at radius 1 is 1.29 bits per heavy atom. The molecule has 2 unspecified atom stereocenters. The second kappa shape index (κ2) is 4.43. The Hall–Kier alpha value is -0.860. The third-order valence-electron chi connectivity index (χ3n) is 4.09. The first-order valence-corrected chi connectivity index (χ1v) is 6.39. The SMILES string of the molecule is Cc1cc(C)c(CC2(N)CCOC2C)c(C)c1. The molecule has 0 spiro atoms. The highest BCUT2D eigenvalue weighted by Crippen LogP contribution is 2.29. The van der Waals surface area contributed by atoms with Crippen LogP contribution in [0.1, 0.15) is 35.6 Å². The molecular weight excluding hydrogens is 210 g/mol. The van der Waals surface area contributed by atoms with Gasteiger partial charge in [-0.25, -0.2) is 0 Å². The smallest absolute Gasteiger partial charge is 0.0730 e. The maximum Gasteiger partial charge on any atom is 0.0730 e. The molecule has 0 amide bonds. The monoisotopic (exact) mass is 233 g/mol. The predicted octanol–water partition coefficient (Wildman–Crippen LogP) is 2.66. The van der Waals surface area contributed by atoms with E-state index in [0.717, 1.165) is 19.4 Å². The minimum absolute atomic E-state index is 0.155. The predicted molar refractivity (Wildman–Crippen MR) is 71.3 cm³/mol. The molecule has 2 heteroatoms. The Labute approximate surface area is 104 Å². The van der Waals surface area contributed by atoms with Crippen LogP contribution in [0.5, 0.6) is 0 Å². The minimum Gasteiger partial charge on any atom is -0.377 e. The minimum atomic E-state index is -0.190. The first kappa shape index (κ1) is 12.6. The van der Waals surface area contributed by atoms with E-state index in [1.807, 2.05) is 0 Å². The standard InChI is InChI=1S/C15H23NO/c1-10-7-11(2)14(12(3)8-10)9-15(16)5-6-17-13(15)4/h7-8,13H,5-6,9,16H2,1-4H3. The average molecular weight is 233 g/mol. The summed E-state index contributed by atoms with van der Waals surface area (Å²) in [4.78, 5) is 0. The van der Waals surface area contributed by atoms with Crippen LogP contribution in [0.3, 0.4) is 0 Å². The summed E-state index contributed by atoms with van der Waals surface area (Å²) in [6.07, 6.45) is 2.04. The number of aryl methyl sites for hydroxylation is 3. The van der Waals surface area contributed by atoms with Crippen LogP contribution < -0.4 is 5.73 Å². The lowest BCUT2D eigenvalue weighted by atomic mass is 9.83. The molecule has 1 aromatic carbocycles. The summed E-state index contributed by atoms with van der Waals surface area (Å²) in [7, 11) is 0. The summed E-state index contributed by atoms with van der Waals surface area (Å²) >= 11 is 0. The van der Waals surface area contributed by atoms with Crippen LogP contribution in [0, 0.1) is 20.8 Å². The van der Waals surface area contributed by atoms with E-state index in [4.69, 9.17) is 10.5 Å². The van der Waals surface area contributed by atoms with E-state index >= 15 is 0 Å². The van der Waals surface area contributed by atoms with Crippen molar-refractivity contribution in [2.24, 2.45) is 5.73 Å². The van der Waals surface area contributed by atoms with Gasteiger partial charge in [-0.05, 0) is 57.2 Å². The molecule has 2 N–H and O–H groups in total. The normalized spacial score (nSPS) is 28.6. The number of rotatable bonds is 2. The molecule has 0 bridgehead atoms. The van der Waals surface area contributed by atoms with Crippen molar-refractivity contribution < 1.29 is 4.74 Å². The van der Waals surface area contributed by atoms with E-state index in [2.05, 4.69) is 39.8 Å². The van der Waals surface area contributed by atoms with Gasteiger partial charge in [-0.1, -0.05) is 17.7 Å². The quantitative estimate of drug-likeness (QED) is 0.852. The van der Waals surface area contributed by atoms with Crippen LogP contribution in [0.15, 0.2) is 12.1 Å². The summed E-state index contributed by atoms with van der Waals surface area (Å²) in [5, 5.41) is 0. The Morgan fingerprint density at radius 2 is 1.88 bits per heavy atom. The number of ether oxygens (including phenoxy) is 1. The van der Waals surface area contributed by atoms with Gasteiger partial charge in [0.15, 0.2) is 0 Å². The molecule has 94 valence electrons. The van der Waals surface area contributed by atoms with Crippen LogP contribution in [0.25, 0.3) is 0 Å². The van der Waals surface area contributed by atoms with Crippen molar-refractivity contribution in [1.29, 1.82) is 0 Å². The molecule has 17 heavy (non-hydrogen) atoms. The molecule has 1 fully saturated rings. The summed E-state index contributed by atoms with van der Waals surface area (Å²) in [6, 6.07) is 4.48. The fraction of sp³-hybridized carbons (Fsp3) is 0.600. The molecule has 2 atom stereocenters. The van der Waals surface area contributed by atoms with Crippen molar-refractivity contribution in [3.05, 3.63) is 34.4 Å². The van der Waals surface area contributed by atoms with Gasteiger partial charge in [0.2, 0.25) is 0 Å². The maximum atomic E-state index is 6.49. The van der Waals surface area contributed by atoms with Crippen molar-refractivity contribution in [3.63, 3.8) is 0 Å². The molecule has 1 aliphatic heterocycles. The molecule has 2 rings (SSSR count). The van der Waals surface area contributed by atoms with Crippen molar-refractivity contribution in [1.82, 2.24) is 0 Å². The van der Waals surface area contributed by atoms with E-state index in [0.29, 0.717) is 0 Å². The number of hydrogen-bond acceptors (Lipinski definition) is 2. The second-order valence-corrected chi connectivity index (χ2v) is 5.55. The highest BCUT2D eigenvalue weighted by molar-refractivity contribution is 5.39. The van der Waals surface area contributed by atoms with E-state index in [-0.39, 0.29) is 11.6 Å². The zero-order valence-electron chi connectivity index (χ0n) is 11.3. The Kier molecular flexibility index (Phi) is 3.28. The summed E-state index contributed by atoms with van der Waals surface area (Å²) < 4.78 is 5.62. The Morgan fingerprint density at radius 3 is 2.35 bits per heavy atom. The topological polar surface area (TPSA) is 35.2 Å². The molecule has 0 saturated carbocycles. The molecule has 1 saturated heterocycles. The molecule has 1 aromatic rings. The van der Waals surface area contributed by atoms with Crippen LogP contribution >= 0.6 is 0 Å². The molecule has 0 aromatic heterocycles. The molecule has 1 heterocycles. The summed E-state index contributed by atoms with van der Waals surface area (Å²) in [5.41, 5.74) is 11.7. The third-order valence-corrected chi connectivity index (χ3v) is 4.09. The lowest BCUT2D eigenvalue weighted by Gasteiger charge is -2.29. The van der Waals surface area contributed by atoms with E-state index in [9.17, 15) is 0 Å². The lowest BCUT2D eigenvalue weighted by Crippen LogP contribution is -2.48. The van der Waals surface area contributed by atoms with Gasteiger partial charge in [-0.3, -0.25) is 0 Å². The molecular formula is C15H23NO. The van der Waals surface area contributed by atoms with Gasteiger partial charge in [0.1, 0.15) is 0 Å². The number of benzene rings is 1. The fourth-order valence-corrected chi connectivity index (χ4v) is 2.84. The largest absolute Gasteiger partial charge is 0.377 e. The van der Waals surface area contributed by atoms with Gasteiger partial charge in [0.25, 0.3) is 0 Å². The van der Waals surface area contributed by atoms with E-state index in [1.54, 1.807) is 0 Å². The van der Waals surface area contributed by atoms with Crippen molar-refractivity contribution in [3.8, 4) is 0 Å². The average Bonchev–Trinajstić information content (AvgIpc) is 2.54. The van der Waals surface area contributed by atoms with Crippen LogP contribution in [0.4, 0.5) is 0 Å². The van der Waals surface area contributed by atoms with Gasteiger partial charge >= 0.3 is 0 Å². The van der Waals surface area contributed by atoms with Gasteiger partial charge in [0, 0.05) is 12.1 Å². The van der Waals surface area contributed by atoms with Crippen LogP contribution in [0.2, 0.25) is 0 Å². The molecule has 0 aliphatic carbocycles. The maximum absolute atomic E-state index is 6.49. The van der Waals surface area contributed by atoms with Crippen molar-refractivity contribution in [2.75, 3.05) is 6.61 Å². The lowest BCUT2D eigenvalue weighted by molar-refractivity contribution is 0.0954. The van der Waals surface area contributed by atoms with Crippen molar-refractivity contribution in [2.45, 2.75) is 52.2 Å². The fourth-order valence-electron chi connectivity index (χ4n) is 2.84. The Bertz CT molecular complexity index is 404. The molecule has 0 radical (unpaired) electrons. The molecule has 2 nitrogen and oxygen atoms in total. The van der Waals surface area contributed by atoms with E-state index < -0.39 is 0 Å². The van der Waals surface area contributed by atoms with Crippen LogP contribution in [-0.4, -0.2) is 18.2 Å². The number of hydrogen-bond donors (Lipinski definition) is 1.